The molecule has 0 radical (unpaired) electrons. The summed E-state index contributed by atoms with van der Waals surface area (Å²) in [5, 5.41) is 9.56. The van der Waals surface area contributed by atoms with Gasteiger partial charge in [0.2, 0.25) is 5.91 Å². The first-order valence-corrected chi connectivity index (χ1v) is 8.04. The maximum absolute atomic E-state index is 11.7. The van der Waals surface area contributed by atoms with Crippen molar-refractivity contribution < 1.29 is 9.53 Å². The fourth-order valence-corrected chi connectivity index (χ4v) is 2.90. The molecule has 0 spiro atoms. The van der Waals surface area contributed by atoms with Gasteiger partial charge in [-0.2, -0.15) is 0 Å². The van der Waals surface area contributed by atoms with E-state index in [4.69, 9.17) is 4.74 Å². The lowest BCUT2D eigenvalue weighted by Gasteiger charge is -2.22. The van der Waals surface area contributed by atoms with Crippen LogP contribution < -0.4 is 16.0 Å². The molecular formula is C15H29IN4O2. The van der Waals surface area contributed by atoms with E-state index in [0.29, 0.717) is 31.2 Å². The largest absolute Gasteiger partial charge is 0.373 e. The highest BCUT2D eigenvalue weighted by molar-refractivity contribution is 14.0. The molecule has 4 unspecified atom stereocenters. The molecule has 2 fully saturated rings. The van der Waals surface area contributed by atoms with Crippen LogP contribution in [0.1, 0.15) is 46.0 Å². The molecule has 2 aliphatic heterocycles. The number of hydrogen-bond acceptors (Lipinski definition) is 3. The number of ether oxygens (including phenoxy) is 1. The second kappa shape index (κ2) is 9.54. The number of carbonyl (C=O) groups is 1. The van der Waals surface area contributed by atoms with Crippen molar-refractivity contribution >= 4 is 35.8 Å². The van der Waals surface area contributed by atoms with Gasteiger partial charge in [0.05, 0.1) is 18.2 Å². The minimum atomic E-state index is 0. The zero-order chi connectivity index (χ0) is 15.2. The summed E-state index contributed by atoms with van der Waals surface area (Å²) in [6, 6.07) is 0.588. The molecule has 0 aliphatic carbocycles. The lowest BCUT2D eigenvalue weighted by Crippen LogP contribution is -2.48. The molecule has 2 bridgehead atoms. The molecule has 2 saturated heterocycles. The summed E-state index contributed by atoms with van der Waals surface area (Å²) in [7, 11) is 1.75. The molecule has 2 aliphatic rings. The maximum atomic E-state index is 11.7. The van der Waals surface area contributed by atoms with E-state index >= 15 is 0 Å². The number of guanidine groups is 1. The van der Waals surface area contributed by atoms with Crippen molar-refractivity contribution in [3.63, 3.8) is 0 Å². The summed E-state index contributed by atoms with van der Waals surface area (Å²) in [4.78, 5) is 15.9. The molecule has 0 aromatic rings. The van der Waals surface area contributed by atoms with Gasteiger partial charge in [-0.05, 0) is 32.6 Å². The first kappa shape index (κ1) is 19.5. The van der Waals surface area contributed by atoms with Gasteiger partial charge in [-0.3, -0.25) is 9.79 Å². The van der Waals surface area contributed by atoms with Crippen LogP contribution in [-0.4, -0.2) is 49.8 Å². The van der Waals surface area contributed by atoms with Gasteiger partial charge in [-0.1, -0.05) is 6.92 Å². The van der Waals surface area contributed by atoms with E-state index in [2.05, 4.69) is 27.9 Å². The zero-order valence-corrected chi connectivity index (χ0v) is 16.1. The molecule has 7 heteroatoms. The quantitative estimate of drug-likeness (QED) is 0.342. The van der Waals surface area contributed by atoms with Gasteiger partial charge < -0.3 is 20.7 Å². The first-order chi connectivity index (χ1) is 10.1. The van der Waals surface area contributed by atoms with Crippen LogP contribution in [0.2, 0.25) is 0 Å². The molecule has 22 heavy (non-hydrogen) atoms. The van der Waals surface area contributed by atoms with Crippen molar-refractivity contribution in [2.75, 3.05) is 13.6 Å². The van der Waals surface area contributed by atoms with Crippen LogP contribution in [0.5, 0.6) is 0 Å². The van der Waals surface area contributed by atoms with Crippen molar-refractivity contribution in [1.82, 2.24) is 16.0 Å². The van der Waals surface area contributed by atoms with Crippen molar-refractivity contribution in [2.24, 2.45) is 4.99 Å². The standard InChI is InChI=1S/C15H28N4O2.HI/c1-4-10(2)18-14(20)7-8-17-15(16-3)19-12-9-11-5-6-13(12)21-11;/h10-13H,4-9H2,1-3H3,(H,18,20)(H2,16,17,19);1H. The molecule has 0 aromatic carbocycles. The Morgan fingerprint density at radius 2 is 2.18 bits per heavy atom. The Balaban J connectivity index is 0.00000242. The van der Waals surface area contributed by atoms with Gasteiger partial charge in [0.1, 0.15) is 0 Å². The Kier molecular flexibility index (Phi) is 8.45. The number of halogens is 1. The Labute approximate surface area is 150 Å². The van der Waals surface area contributed by atoms with Crippen LogP contribution in [0.15, 0.2) is 4.99 Å². The van der Waals surface area contributed by atoms with Crippen molar-refractivity contribution in [3.05, 3.63) is 0 Å². The lowest BCUT2D eigenvalue weighted by atomic mass is 9.96. The predicted octanol–water partition coefficient (Wildman–Crippen LogP) is 1.39. The van der Waals surface area contributed by atoms with Crippen LogP contribution in [0, 0.1) is 0 Å². The van der Waals surface area contributed by atoms with E-state index in [1.807, 2.05) is 6.92 Å². The van der Waals surface area contributed by atoms with E-state index < -0.39 is 0 Å². The highest BCUT2D eigenvalue weighted by Gasteiger charge is 2.41. The topological polar surface area (TPSA) is 74.8 Å². The SMILES string of the molecule is CCC(C)NC(=O)CCNC(=NC)NC1CC2CCC1O2.I. The summed E-state index contributed by atoms with van der Waals surface area (Å²) in [5.74, 6) is 0.836. The Bertz CT molecular complexity index is 392. The Morgan fingerprint density at radius 3 is 2.73 bits per heavy atom. The highest BCUT2D eigenvalue weighted by atomic mass is 127. The summed E-state index contributed by atoms with van der Waals surface area (Å²) >= 11 is 0. The number of aliphatic imine (C=N–C) groups is 1. The number of fused-ring (bicyclic) bond motifs is 2. The Morgan fingerprint density at radius 1 is 1.41 bits per heavy atom. The molecular weight excluding hydrogens is 395 g/mol. The molecule has 0 saturated carbocycles. The highest BCUT2D eigenvalue weighted by Crippen LogP contribution is 2.34. The molecule has 128 valence electrons. The average molecular weight is 424 g/mol. The second-order valence-corrected chi connectivity index (χ2v) is 5.99. The molecule has 2 heterocycles. The fourth-order valence-electron chi connectivity index (χ4n) is 2.90. The number of amides is 1. The minimum Gasteiger partial charge on any atom is -0.373 e. The summed E-state index contributed by atoms with van der Waals surface area (Å²) < 4.78 is 5.82. The third-order valence-electron chi connectivity index (χ3n) is 4.32. The number of nitrogens with one attached hydrogen (secondary N) is 3. The van der Waals surface area contributed by atoms with Crippen LogP contribution >= 0.6 is 24.0 Å². The minimum absolute atomic E-state index is 0. The number of nitrogens with zero attached hydrogens (tertiary/aromatic N) is 1. The van der Waals surface area contributed by atoms with E-state index in [-0.39, 0.29) is 35.9 Å². The lowest BCUT2D eigenvalue weighted by molar-refractivity contribution is -0.121. The molecule has 1 amide bonds. The number of carbonyl (C=O) groups excluding carboxylic acids is 1. The van der Waals surface area contributed by atoms with E-state index in [9.17, 15) is 4.79 Å². The van der Waals surface area contributed by atoms with Crippen molar-refractivity contribution in [3.8, 4) is 0 Å². The average Bonchev–Trinajstić information content (AvgIpc) is 3.08. The zero-order valence-electron chi connectivity index (χ0n) is 13.7. The maximum Gasteiger partial charge on any atom is 0.221 e. The smallest absolute Gasteiger partial charge is 0.221 e. The Hall–Kier alpha value is -0.570. The molecule has 3 N–H and O–H groups in total. The molecule has 2 rings (SSSR count). The fraction of sp³-hybridized carbons (Fsp3) is 0.867. The first-order valence-electron chi connectivity index (χ1n) is 8.04. The van der Waals surface area contributed by atoms with E-state index in [1.54, 1.807) is 7.05 Å². The van der Waals surface area contributed by atoms with Gasteiger partial charge in [0.15, 0.2) is 5.96 Å². The van der Waals surface area contributed by atoms with Gasteiger partial charge in [0, 0.05) is 26.1 Å². The van der Waals surface area contributed by atoms with Crippen LogP contribution in [0.4, 0.5) is 0 Å². The van der Waals surface area contributed by atoms with Gasteiger partial charge in [0.25, 0.3) is 0 Å². The normalized spacial score (nSPS) is 28.0. The predicted molar refractivity (Wildman–Crippen MR) is 98.7 cm³/mol. The summed E-state index contributed by atoms with van der Waals surface area (Å²) in [5.41, 5.74) is 0. The van der Waals surface area contributed by atoms with E-state index in [0.717, 1.165) is 25.2 Å². The summed E-state index contributed by atoms with van der Waals surface area (Å²) in [6.07, 6.45) is 5.53. The molecule has 6 nitrogen and oxygen atoms in total. The van der Waals surface area contributed by atoms with Crippen molar-refractivity contribution in [1.29, 1.82) is 0 Å². The second-order valence-electron chi connectivity index (χ2n) is 5.99. The molecule has 4 atom stereocenters. The number of rotatable bonds is 6. The van der Waals surface area contributed by atoms with Crippen LogP contribution in [0.25, 0.3) is 0 Å². The van der Waals surface area contributed by atoms with Crippen molar-refractivity contribution in [2.45, 2.75) is 70.2 Å². The van der Waals surface area contributed by atoms with Gasteiger partial charge in [-0.15, -0.1) is 24.0 Å². The number of hydrogen-bond donors (Lipinski definition) is 3. The molecule has 0 aromatic heterocycles. The van der Waals surface area contributed by atoms with Gasteiger partial charge in [-0.25, -0.2) is 0 Å². The van der Waals surface area contributed by atoms with E-state index in [1.165, 1.54) is 6.42 Å². The third kappa shape index (κ3) is 5.57. The van der Waals surface area contributed by atoms with Crippen LogP contribution in [-0.2, 0) is 9.53 Å². The van der Waals surface area contributed by atoms with Gasteiger partial charge >= 0.3 is 0 Å². The monoisotopic (exact) mass is 424 g/mol. The third-order valence-corrected chi connectivity index (χ3v) is 4.32. The summed E-state index contributed by atoms with van der Waals surface area (Å²) in [6.45, 7) is 4.66. The van der Waals surface area contributed by atoms with Crippen LogP contribution in [0.3, 0.4) is 0 Å².